The lowest BCUT2D eigenvalue weighted by molar-refractivity contribution is -0.870. The minimum Gasteiger partial charge on any atom is -0.462 e. The van der Waals surface area contributed by atoms with Gasteiger partial charge in [-0.1, -0.05) is 275 Å². The SMILES string of the molecule is CCCC/C=C\C/C=C\CCCCCCCC(=O)OC(COC(=O)CCCCCCCCCCCCCCCCCCCCCCCCCCC/C=C\CCCCCCCCCC)COP(=O)(O)OCC[N+](C)(C)C. The van der Waals surface area contributed by atoms with E-state index < -0.39 is 26.5 Å². The van der Waals surface area contributed by atoms with Crippen LogP contribution in [0, 0.1) is 0 Å². The van der Waals surface area contributed by atoms with Crippen LogP contribution in [0.3, 0.4) is 0 Å². The number of likely N-dealkylation sites (N-methyl/N-ethyl adjacent to an activating group) is 1. The number of hydrogen-bond donors (Lipinski definition) is 1. The highest BCUT2D eigenvalue weighted by molar-refractivity contribution is 7.47. The maximum absolute atomic E-state index is 12.8. The van der Waals surface area contributed by atoms with Crippen LogP contribution in [-0.4, -0.2) is 74.9 Å². The number of carbonyl (C=O) groups is 2. The molecule has 0 aliphatic heterocycles. The quantitative estimate of drug-likeness (QED) is 0.0211. The van der Waals surface area contributed by atoms with E-state index in [4.69, 9.17) is 18.5 Å². The van der Waals surface area contributed by atoms with Crippen LogP contribution in [0.15, 0.2) is 36.5 Å². The number of phosphoric acid groups is 1. The van der Waals surface area contributed by atoms with E-state index in [0.29, 0.717) is 23.9 Å². The van der Waals surface area contributed by atoms with Gasteiger partial charge in [0.25, 0.3) is 0 Å². The van der Waals surface area contributed by atoms with E-state index in [9.17, 15) is 19.0 Å². The molecule has 442 valence electrons. The zero-order valence-electron chi connectivity index (χ0n) is 50.3. The number of ether oxygens (including phenoxy) is 2. The van der Waals surface area contributed by atoms with E-state index in [1.165, 1.54) is 218 Å². The summed E-state index contributed by atoms with van der Waals surface area (Å²) in [5.41, 5.74) is 0. The van der Waals surface area contributed by atoms with Crippen LogP contribution in [-0.2, 0) is 32.7 Å². The molecule has 2 atom stereocenters. The highest BCUT2D eigenvalue weighted by Crippen LogP contribution is 2.43. The summed E-state index contributed by atoms with van der Waals surface area (Å²) in [6.07, 6.45) is 71.2. The predicted molar refractivity (Wildman–Crippen MR) is 321 cm³/mol. The number of nitrogens with zero attached hydrogens (tertiary/aromatic N) is 1. The Balaban J connectivity index is 3.88. The number of hydrogen-bond acceptors (Lipinski definition) is 7. The maximum Gasteiger partial charge on any atom is 0.472 e. The van der Waals surface area contributed by atoms with E-state index in [0.717, 1.165) is 64.2 Å². The molecule has 0 aromatic carbocycles. The van der Waals surface area contributed by atoms with Crippen molar-refractivity contribution in [2.24, 2.45) is 0 Å². The van der Waals surface area contributed by atoms with Crippen LogP contribution < -0.4 is 0 Å². The monoisotopic (exact) mass is 1080 g/mol. The molecule has 0 saturated heterocycles. The predicted octanol–water partition coefficient (Wildman–Crippen LogP) is 20.3. The van der Waals surface area contributed by atoms with Gasteiger partial charge < -0.3 is 18.9 Å². The Hall–Kier alpha value is -1.77. The lowest BCUT2D eigenvalue weighted by Crippen LogP contribution is -2.37. The van der Waals surface area contributed by atoms with Gasteiger partial charge in [-0.3, -0.25) is 18.6 Å². The Kier molecular flexibility index (Phi) is 55.6. The van der Waals surface area contributed by atoms with Gasteiger partial charge in [0, 0.05) is 12.8 Å². The highest BCUT2D eigenvalue weighted by Gasteiger charge is 2.27. The molecule has 0 bridgehead atoms. The summed E-state index contributed by atoms with van der Waals surface area (Å²) in [6.45, 7) is 4.41. The Morgan fingerprint density at radius 3 is 1.11 bits per heavy atom. The third-order valence-corrected chi connectivity index (χ3v) is 15.4. The molecule has 0 aliphatic carbocycles. The van der Waals surface area contributed by atoms with Gasteiger partial charge in [-0.2, -0.15) is 0 Å². The average molecular weight is 1080 g/mol. The van der Waals surface area contributed by atoms with Crippen molar-refractivity contribution in [3.8, 4) is 0 Å². The van der Waals surface area contributed by atoms with Crippen LogP contribution in [0.2, 0.25) is 0 Å². The summed E-state index contributed by atoms with van der Waals surface area (Å²) in [4.78, 5) is 35.6. The third-order valence-electron chi connectivity index (χ3n) is 14.4. The molecule has 9 nitrogen and oxygen atoms in total. The molecule has 0 radical (unpaired) electrons. The van der Waals surface area contributed by atoms with Crippen molar-refractivity contribution in [2.45, 2.75) is 322 Å². The van der Waals surface area contributed by atoms with Gasteiger partial charge in [-0.05, 0) is 64.2 Å². The van der Waals surface area contributed by atoms with Crippen molar-refractivity contribution in [1.29, 1.82) is 0 Å². The topological polar surface area (TPSA) is 108 Å². The summed E-state index contributed by atoms with van der Waals surface area (Å²) in [6, 6.07) is 0. The Morgan fingerprint density at radius 2 is 0.733 bits per heavy atom. The molecule has 0 amide bonds. The number of unbranched alkanes of at least 4 members (excludes halogenated alkanes) is 40. The molecule has 0 spiro atoms. The van der Waals surface area contributed by atoms with Crippen molar-refractivity contribution in [3.05, 3.63) is 36.5 Å². The number of allylic oxidation sites excluding steroid dienone is 6. The minimum absolute atomic E-state index is 0.0303. The largest absolute Gasteiger partial charge is 0.472 e. The standard InChI is InChI=1S/C65H124NO8P/c1-6-8-10-12-14-16-18-20-22-23-24-25-26-27-28-29-30-31-32-33-34-35-36-37-38-39-40-41-42-43-44-46-47-49-51-53-55-57-64(67)71-61-63(62-73-75(69,70)72-60-59-66(3,4)5)74-65(68)58-56-54-52-50-48-45-21-19-17-15-13-11-9-7-2/h13,15,19,21,23-24,63H,6-12,14,16-18,20,22,25-62H2,1-5H3/p+1/b15-13-,21-19-,24-23-. The Morgan fingerprint density at radius 1 is 0.413 bits per heavy atom. The first kappa shape index (κ1) is 73.2. The van der Waals surface area contributed by atoms with Crippen LogP contribution in [0.1, 0.15) is 316 Å². The normalized spacial score (nSPS) is 13.4. The smallest absolute Gasteiger partial charge is 0.462 e. The number of esters is 2. The first-order valence-electron chi connectivity index (χ1n) is 32.2. The highest BCUT2D eigenvalue weighted by atomic mass is 31.2. The van der Waals surface area contributed by atoms with Gasteiger partial charge >= 0.3 is 19.8 Å². The minimum atomic E-state index is -4.39. The second-order valence-corrected chi connectivity index (χ2v) is 24.6. The number of quaternary nitrogens is 1. The van der Waals surface area contributed by atoms with Crippen molar-refractivity contribution < 1.29 is 42.1 Å². The molecule has 2 unspecified atom stereocenters. The van der Waals surface area contributed by atoms with Gasteiger partial charge in [-0.25, -0.2) is 4.57 Å². The van der Waals surface area contributed by atoms with Crippen LogP contribution in [0.5, 0.6) is 0 Å². The fourth-order valence-corrected chi connectivity index (χ4v) is 10.1. The first-order chi connectivity index (χ1) is 36.5. The van der Waals surface area contributed by atoms with Gasteiger partial charge in [0.2, 0.25) is 0 Å². The Bertz CT molecular complexity index is 1360. The maximum atomic E-state index is 12.8. The second-order valence-electron chi connectivity index (χ2n) is 23.1. The summed E-state index contributed by atoms with van der Waals surface area (Å²) in [7, 11) is 1.48. The second kappa shape index (κ2) is 56.9. The fourth-order valence-electron chi connectivity index (χ4n) is 9.38. The van der Waals surface area contributed by atoms with Crippen molar-refractivity contribution in [1.82, 2.24) is 0 Å². The van der Waals surface area contributed by atoms with E-state index in [2.05, 4.69) is 50.3 Å². The van der Waals surface area contributed by atoms with Crippen LogP contribution in [0.4, 0.5) is 0 Å². The molecule has 0 heterocycles. The van der Waals surface area contributed by atoms with Gasteiger partial charge in [-0.15, -0.1) is 0 Å². The molecule has 10 heteroatoms. The molecule has 0 aromatic rings. The number of carbonyl (C=O) groups excluding carboxylic acids is 2. The van der Waals surface area contributed by atoms with E-state index in [-0.39, 0.29) is 25.6 Å². The summed E-state index contributed by atoms with van der Waals surface area (Å²) in [5.74, 6) is -0.801. The molecule has 1 N–H and O–H groups in total. The summed E-state index contributed by atoms with van der Waals surface area (Å²) < 4.78 is 34.5. The number of phosphoric ester groups is 1. The van der Waals surface area contributed by atoms with E-state index >= 15 is 0 Å². The molecular weight excluding hydrogens is 954 g/mol. The molecule has 0 saturated carbocycles. The number of rotatable bonds is 60. The molecule has 0 rings (SSSR count). The van der Waals surface area contributed by atoms with Crippen LogP contribution in [0.25, 0.3) is 0 Å². The third kappa shape index (κ3) is 61.3. The zero-order valence-corrected chi connectivity index (χ0v) is 51.2. The lowest BCUT2D eigenvalue weighted by Gasteiger charge is -2.24. The molecule has 75 heavy (non-hydrogen) atoms. The van der Waals surface area contributed by atoms with Crippen molar-refractivity contribution in [2.75, 3.05) is 47.5 Å². The van der Waals surface area contributed by atoms with E-state index in [1.54, 1.807) is 0 Å². The lowest BCUT2D eigenvalue weighted by atomic mass is 10.0. The summed E-state index contributed by atoms with van der Waals surface area (Å²) in [5, 5.41) is 0. The van der Waals surface area contributed by atoms with Crippen molar-refractivity contribution in [3.63, 3.8) is 0 Å². The van der Waals surface area contributed by atoms with Gasteiger partial charge in [0.15, 0.2) is 6.10 Å². The fraction of sp³-hybridized carbons (Fsp3) is 0.877. The molecule has 0 aliphatic rings. The van der Waals surface area contributed by atoms with Crippen LogP contribution >= 0.6 is 7.82 Å². The van der Waals surface area contributed by atoms with Crippen molar-refractivity contribution >= 4 is 19.8 Å². The molecule has 0 fully saturated rings. The van der Waals surface area contributed by atoms with Gasteiger partial charge in [0.05, 0.1) is 27.7 Å². The summed E-state index contributed by atoms with van der Waals surface area (Å²) >= 11 is 0. The first-order valence-corrected chi connectivity index (χ1v) is 33.7. The molecule has 0 aromatic heterocycles. The van der Waals surface area contributed by atoms with E-state index in [1.807, 2.05) is 21.1 Å². The average Bonchev–Trinajstić information content (AvgIpc) is 3.37. The van der Waals surface area contributed by atoms with Gasteiger partial charge in [0.1, 0.15) is 19.8 Å². The molecular formula is C65H125NO8P+. The Labute approximate surface area is 465 Å². The zero-order chi connectivity index (χ0) is 54.9.